The van der Waals surface area contributed by atoms with Crippen molar-refractivity contribution in [1.82, 2.24) is 9.88 Å². The van der Waals surface area contributed by atoms with Crippen molar-refractivity contribution in [3.8, 4) is 16.9 Å². The number of aromatic nitrogens is 1. The van der Waals surface area contributed by atoms with Crippen LogP contribution in [0.2, 0.25) is 0 Å². The van der Waals surface area contributed by atoms with Gasteiger partial charge in [-0.25, -0.2) is 0 Å². The lowest BCUT2D eigenvalue weighted by atomic mass is 9.94. The fourth-order valence-corrected chi connectivity index (χ4v) is 4.65. The molecule has 1 amide bonds. The predicted molar refractivity (Wildman–Crippen MR) is 120 cm³/mol. The highest BCUT2D eigenvalue weighted by Crippen LogP contribution is 2.43. The van der Waals surface area contributed by atoms with Crippen LogP contribution >= 0.6 is 0 Å². The largest absolute Gasteiger partial charge is 0.497 e. The molecule has 1 aromatic heterocycles. The molecule has 0 bridgehead atoms. The summed E-state index contributed by atoms with van der Waals surface area (Å²) in [6.45, 7) is 0.557. The maximum Gasteiger partial charge on any atom is 0.275 e. The molecule has 0 saturated heterocycles. The van der Waals surface area contributed by atoms with Crippen molar-refractivity contribution < 1.29 is 9.53 Å². The van der Waals surface area contributed by atoms with Gasteiger partial charge < -0.3 is 9.64 Å². The van der Waals surface area contributed by atoms with E-state index in [9.17, 15) is 4.79 Å². The SMILES string of the molecule is COc1ccc2nc3c(c(-c4ccccc4)c2c1)C1=NC(=O)C(c2ccccc2)N1C3. The summed E-state index contributed by atoms with van der Waals surface area (Å²) < 4.78 is 5.49. The van der Waals surface area contributed by atoms with E-state index in [4.69, 9.17) is 9.72 Å². The molecule has 0 spiro atoms. The third kappa shape index (κ3) is 2.66. The zero-order chi connectivity index (χ0) is 20.9. The van der Waals surface area contributed by atoms with E-state index in [1.807, 2.05) is 66.7 Å². The second-order valence-corrected chi connectivity index (χ2v) is 7.77. The van der Waals surface area contributed by atoms with Gasteiger partial charge in [0.25, 0.3) is 5.91 Å². The maximum absolute atomic E-state index is 12.9. The van der Waals surface area contributed by atoms with Crippen LogP contribution in [0.25, 0.3) is 22.0 Å². The molecule has 3 aromatic carbocycles. The van der Waals surface area contributed by atoms with E-state index in [-0.39, 0.29) is 5.91 Å². The van der Waals surface area contributed by atoms with Crippen LogP contribution < -0.4 is 4.74 Å². The number of benzene rings is 3. The van der Waals surface area contributed by atoms with Gasteiger partial charge in [0.1, 0.15) is 17.6 Å². The number of hydrogen-bond donors (Lipinski definition) is 0. The number of methoxy groups -OCH3 is 1. The molecule has 1 atom stereocenters. The standard InChI is InChI=1S/C26H19N3O2/c1-31-18-12-13-20-19(14-18)22(16-8-4-2-5-9-16)23-21(27-20)15-29-24(26(30)28-25(23)29)17-10-6-3-7-11-17/h2-14,24H,15H2,1H3. The fourth-order valence-electron chi connectivity index (χ4n) is 4.65. The molecule has 4 aromatic rings. The third-order valence-corrected chi connectivity index (χ3v) is 6.02. The Bertz CT molecular complexity index is 1360. The fraction of sp³-hybridized carbons (Fsp3) is 0.115. The molecule has 1 unspecified atom stereocenters. The van der Waals surface area contributed by atoms with E-state index < -0.39 is 6.04 Å². The number of aliphatic imine (C=N–C) groups is 1. The number of rotatable bonds is 3. The minimum absolute atomic E-state index is 0.128. The molecule has 5 heteroatoms. The van der Waals surface area contributed by atoms with E-state index in [1.165, 1.54) is 0 Å². The average molecular weight is 405 g/mol. The van der Waals surface area contributed by atoms with Crippen LogP contribution in [-0.4, -0.2) is 28.7 Å². The van der Waals surface area contributed by atoms with Gasteiger partial charge in [0.05, 0.1) is 24.9 Å². The van der Waals surface area contributed by atoms with Gasteiger partial charge in [0.2, 0.25) is 0 Å². The van der Waals surface area contributed by atoms with Gasteiger partial charge in [-0.05, 0) is 29.3 Å². The molecule has 31 heavy (non-hydrogen) atoms. The Kier molecular flexibility index (Phi) is 3.90. The number of amidine groups is 1. The zero-order valence-electron chi connectivity index (χ0n) is 16.9. The quantitative estimate of drug-likeness (QED) is 0.493. The summed E-state index contributed by atoms with van der Waals surface area (Å²) in [5, 5.41) is 0.990. The average Bonchev–Trinajstić information content (AvgIpc) is 3.32. The Morgan fingerprint density at radius 1 is 0.935 bits per heavy atom. The first-order valence-corrected chi connectivity index (χ1v) is 10.2. The third-order valence-electron chi connectivity index (χ3n) is 6.02. The van der Waals surface area contributed by atoms with Gasteiger partial charge in [-0.1, -0.05) is 60.7 Å². The number of carbonyl (C=O) groups is 1. The number of fused-ring (bicyclic) bond motifs is 4. The zero-order valence-corrected chi connectivity index (χ0v) is 16.9. The lowest BCUT2D eigenvalue weighted by Crippen LogP contribution is -2.27. The summed E-state index contributed by atoms with van der Waals surface area (Å²) in [7, 11) is 1.66. The minimum atomic E-state index is -0.410. The van der Waals surface area contributed by atoms with Crippen LogP contribution in [0.15, 0.2) is 83.9 Å². The maximum atomic E-state index is 12.9. The summed E-state index contributed by atoms with van der Waals surface area (Å²) in [5.41, 5.74) is 5.86. The number of amides is 1. The van der Waals surface area contributed by atoms with Crippen molar-refractivity contribution in [3.63, 3.8) is 0 Å². The Hall–Kier alpha value is -3.99. The molecule has 6 rings (SSSR count). The van der Waals surface area contributed by atoms with Gasteiger partial charge in [-0.15, -0.1) is 0 Å². The molecule has 150 valence electrons. The first kappa shape index (κ1) is 17.8. The lowest BCUT2D eigenvalue weighted by molar-refractivity contribution is -0.120. The number of hydrogen-bond acceptors (Lipinski definition) is 4. The lowest BCUT2D eigenvalue weighted by Gasteiger charge is -2.21. The molecule has 2 aliphatic rings. The number of carbonyl (C=O) groups excluding carboxylic acids is 1. The molecule has 0 N–H and O–H groups in total. The van der Waals surface area contributed by atoms with Gasteiger partial charge in [0.15, 0.2) is 0 Å². The van der Waals surface area contributed by atoms with Crippen molar-refractivity contribution in [3.05, 3.63) is 95.7 Å². The molecule has 0 radical (unpaired) electrons. The van der Waals surface area contributed by atoms with E-state index >= 15 is 0 Å². The van der Waals surface area contributed by atoms with E-state index in [0.29, 0.717) is 12.4 Å². The Balaban J connectivity index is 1.61. The minimum Gasteiger partial charge on any atom is -0.497 e. The van der Waals surface area contributed by atoms with Crippen LogP contribution in [0.3, 0.4) is 0 Å². The van der Waals surface area contributed by atoms with Gasteiger partial charge >= 0.3 is 0 Å². The number of pyridine rings is 1. The van der Waals surface area contributed by atoms with E-state index in [1.54, 1.807) is 7.11 Å². The van der Waals surface area contributed by atoms with Crippen molar-refractivity contribution in [2.45, 2.75) is 12.6 Å². The summed E-state index contributed by atoms with van der Waals surface area (Å²) in [4.78, 5) is 24.5. The first-order chi connectivity index (χ1) is 15.2. The monoisotopic (exact) mass is 405 g/mol. The smallest absolute Gasteiger partial charge is 0.275 e. The van der Waals surface area contributed by atoms with E-state index in [0.717, 1.165) is 44.6 Å². The van der Waals surface area contributed by atoms with Crippen molar-refractivity contribution in [2.24, 2.45) is 4.99 Å². The molecule has 5 nitrogen and oxygen atoms in total. The van der Waals surface area contributed by atoms with Crippen LogP contribution in [0.4, 0.5) is 0 Å². The van der Waals surface area contributed by atoms with Gasteiger partial charge in [-0.3, -0.25) is 9.78 Å². The van der Waals surface area contributed by atoms with Crippen LogP contribution in [-0.2, 0) is 11.3 Å². The highest BCUT2D eigenvalue weighted by Gasteiger charge is 2.43. The summed E-state index contributed by atoms with van der Waals surface area (Å²) >= 11 is 0. The summed E-state index contributed by atoms with van der Waals surface area (Å²) in [6.07, 6.45) is 0. The molecule has 3 heterocycles. The molecular formula is C26H19N3O2. The van der Waals surface area contributed by atoms with E-state index in [2.05, 4.69) is 22.0 Å². The Labute approximate surface area is 179 Å². The second kappa shape index (κ2) is 6.77. The first-order valence-electron chi connectivity index (χ1n) is 10.2. The molecule has 2 aliphatic heterocycles. The molecule has 0 fully saturated rings. The van der Waals surface area contributed by atoms with Gasteiger partial charge in [0, 0.05) is 16.5 Å². The highest BCUT2D eigenvalue weighted by atomic mass is 16.5. The second-order valence-electron chi connectivity index (χ2n) is 7.77. The normalized spacial score (nSPS) is 16.9. The van der Waals surface area contributed by atoms with Crippen LogP contribution in [0.1, 0.15) is 22.9 Å². The number of ether oxygens (including phenoxy) is 1. The summed E-state index contributed by atoms with van der Waals surface area (Å²) in [5.74, 6) is 1.36. The summed E-state index contributed by atoms with van der Waals surface area (Å²) in [6, 6.07) is 25.6. The van der Waals surface area contributed by atoms with Crippen molar-refractivity contribution in [1.29, 1.82) is 0 Å². The van der Waals surface area contributed by atoms with Crippen molar-refractivity contribution in [2.75, 3.05) is 7.11 Å². The van der Waals surface area contributed by atoms with Crippen molar-refractivity contribution >= 4 is 22.6 Å². The number of nitrogens with zero attached hydrogens (tertiary/aromatic N) is 3. The Morgan fingerprint density at radius 2 is 1.68 bits per heavy atom. The predicted octanol–water partition coefficient (Wildman–Crippen LogP) is 4.75. The van der Waals surface area contributed by atoms with Crippen LogP contribution in [0, 0.1) is 0 Å². The molecule has 0 saturated carbocycles. The molecule has 0 aliphatic carbocycles. The molecular weight excluding hydrogens is 386 g/mol. The Morgan fingerprint density at radius 3 is 2.42 bits per heavy atom. The van der Waals surface area contributed by atoms with Crippen LogP contribution in [0.5, 0.6) is 5.75 Å². The van der Waals surface area contributed by atoms with Gasteiger partial charge in [-0.2, -0.15) is 4.99 Å². The highest BCUT2D eigenvalue weighted by molar-refractivity contribution is 6.19. The topological polar surface area (TPSA) is 54.8 Å².